The van der Waals surface area contributed by atoms with Crippen molar-refractivity contribution >= 4 is 5.91 Å². The second-order valence-corrected chi connectivity index (χ2v) is 5.59. The van der Waals surface area contributed by atoms with Crippen molar-refractivity contribution < 1.29 is 14.3 Å². The monoisotopic (exact) mass is 290 g/mol. The van der Waals surface area contributed by atoms with E-state index in [4.69, 9.17) is 9.47 Å². The SMILES string of the molecule is O=C1N(Cc2ccccc2)CCC12CNCCOCCO2. The van der Waals surface area contributed by atoms with Gasteiger partial charge in [0.05, 0.1) is 19.8 Å². The summed E-state index contributed by atoms with van der Waals surface area (Å²) in [6.07, 6.45) is 0.742. The van der Waals surface area contributed by atoms with Gasteiger partial charge < -0.3 is 19.7 Å². The molecule has 2 saturated heterocycles. The lowest BCUT2D eigenvalue weighted by Gasteiger charge is -2.27. The summed E-state index contributed by atoms with van der Waals surface area (Å²) in [4.78, 5) is 14.7. The number of carbonyl (C=O) groups is 1. The van der Waals surface area contributed by atoms with Crippen LogP contribution in [0.4, 0.5) is 0 Å². The van der Waals surface area contributed by atoms with Crippen molar-refractivity contribution in [1.29, 1.82) is 0 Å². The van der Waals surface area contributed by atoms with Crippen LogP contribution in [0, 0.1) is 0 Å². The van der Waals surface area contributed by atoms with Crippen molar-refractivity contribution in [1.82, 2.24) is 10.2 Å². The van der Waals surface area contributed by atoms with Crippen molar-refractivity contribution in [3.8, 4) is 0 Å². The molecule has 0 saturated carbocycles. The molecule has 0 aliphatic carbocycles. The van der Waals surface area contributed by atoms with Gasteiger partial charge in [-0.15, -0.1) is 0 Å². The van der Waals surface area contributed by atoms with Gasteiger partial charge in [0.1, 0.15) is 0 Å². The van der Waals surface area contributed by atoms with Crippen LogP contribution in [0.2, 0.25) is 0 Å². The van der Waals surface area contributed by atoms with Crippen LogP contribution >= 0.6 is 0 Å². The average Bonchev–Trinajstić information content (AvgIpc) is 2.87. The zero-order valence-electron chi connectivity index (χ0n) is 12.2. The normalized spacial score (nSPS) is 27.4. The second kappa shape index (κ2) is 6.56. The zero-order valence-corrected chi connectivity index (χ0v) is 12.2. The van der Waals surface area contributed by atoms with E-state index < -0.39 is 5.60 Å². The molecule has 21 heavy (non-hydrogen) atoms. The molecule has 1 spiro atoms. The highest BCUT2D eigenvalue weighted by Crippen LogP contribution is 2.28. The average molecular weight is 290 g/mol. The van der Waals surface area contributed by atoms with E-state index >= 15 is 0 Å². The Kier molecular flexibility index (Phi) is 4.53. The zero-order chi connectivity index (χ0) is 14.5. The van der Waals surface area contributed by atoms with E-state index in [-0.39, 0.29) is 5.91 Å². The number of hydrogen-bond acceptors (Lipinski definition) is 4. The summed E-state index contributed by atoms with van der Waals surface area (Å²) in [5.74, 6) is 0.0979. The van der Waals surface area contributed by atoms with E-state index in [9.17, 15) is 4.79 Å². The molecule has 2 aliphatic rings. The predicted octanol–water partition coefficient (Wildman–Crippen LogP) is 0.794. The molecular weight excluding hydrogens is 268 g/mol. The maximum absolute atomic E-state index is 12.8. The minimum Gasteiger partial charge on any atom is -0.378 e. The number of hydrogen-bond donors (Lipinski definition) is 1. The second-order valence-electron chi connectivity index (χ2n) is 5.59. The molecule has 2 fully saturated rings. The van der Waals surface area contributed by atoms with Crippen LogP contribution < -0.4 is 5.32 Å². The standard InChI is InChI=1S/C16H22N2O3/c19-15-16(13-17-7-9-20-10-11-21-16)6-8-18(15)12-14-4-2-1-3-5-14/h1-5,17H,6-13H2. The Morgan fingerprint density at radius 3 is 2.90 bits per heavy atom. The Hall–Kier alpha value is -1.43. The fourth-order valence-electron chi connectivity index (χ4n) is 2.95. The predicted molar refractivity (Wildman–Crippen MR) is 78.8 cm³/mol. The third-order valence-corrected chi connectivity index (χ3v) is 4.12. The molecule has 3 rings (SSSR count). The van der Waals surface area contributed by atoms with Gasteiger partial charge >= 0.3 is 0 Å². The number of likely N-dealkylation sites (tertiary alicyclic amines) is 1. The van der Waals surface area contributed by atoms with Crippen molar-refractivity contribution in [2.45, 2.75) is 18.6 Å². The van der Waals surface area contributed by atoms with Crippen molar-refractivity contribution in [3.05, 3.63) is 35.9 Å². The maximum Gasteiger partial charge on any atom is 0.256 e. The number of nitrogens with zero attached hydrogens (tertiary/aromatic N) is 1. The summed E-state index contributed by atoms with van der Waals surface area (Å²) < 4.78 is 11.3. The third kappa shape index (κ3) is 3.26. The lowest BCUT2D eigenvalue weighted by Crippen LogP contribution is -2.50. The largest absolute Gasteiger partial charge is 0.378 e. The van der Waals surface area contributed by atoms with Crippen molar-refractivity contribution in [3.63, 3.8) is 0 Å². The first kappa shape index (κ1) is 14.5. The molecule has 1 unspecified atom stereocenters. The Morgan fingerprint density at radius 2 is 2.05 bits per heavy atom. The molecule has 0 bridgehead atoms. The van der Waals surface area contributed by atoms with Crippen LogP contribution in [0.1, 0.15) is 12.0 Å². The molecular formula is C16H22N2O3. The first-order valence-electron chi connectivity index (χ1n) is 7.56. The smallest absolute Gasteiger partial charge is 0.256 e. The van der Waals surface area contributed by atoms with E-state index in [1.807, 2.05) is 35.2 Å². The van der Waals surface area contributed by atoms with Gasteiger partial charge in [0.2, 0.25) is 0 Å². The molecule has 2 aliphatic heterocycles. The maximum atomic E-state index is 12.8. The lowest BCUT2D eigenvalue weighted by atomic mass is 10.0. The molecule has 1 atom stereocenters. The van der Waals surface area contributed by atoms with Gasteiger partial charge in [0.15, 0.2) is 5.60 Å². The first-order chi connectivity index (χ1) is 10.3. The number of carbonyl (C=O) groups excluding carboxylic acids is 1. The summed E-state index contributed by atoms with van der Waals surface area (Å²) in [7, 11) is 0. The van der Waals surface area contributed by atoms with Gasteiger partial charge in [0, 0.05) is 32.6 Å². The molecule has 1 N–H and O–H groups in total. The van der Waals surface area contributed by atoms with Gasteiger partial charge in [0.25, 0.3) is 5.91 Å². The van der Waals surface area contributed by atoms with Gasteiger partial charge in [-0.2, -0.15) is 0 Å². The summed E-state index contributed by atoms with van der Waals surface area (Å²) in [5.41, 5.74) is 0.449. The van der Waals surface area contributed by atoms with Crippen LogP contribution in [-0.4, -0.2) is 55.9 Å². The third-order valence-electron chi connectivity index (χ3n) is 4.12. The highest BCUT2D eigenvalue weighted by atomic mass is 16.5. The van der Waals surface area contributed by atoms with E-state index in [1.54, 1.807) is 0 Å². The first-order valence-corrected chi connectivity index (χ1v) is 7.56. The quantitative estimate of drug-likeness (QED) is 0.875. The minimum atomic E-state index is -0.706. The van der Waals surface area contributed by atoms with Crippen molar-refractivity contribution in [2.24, 2.45) is 0 Å². The number of amides is 1. The summed E-state index contributed by atoms with van der Waals surface area (Å²) in [6.45, 7) is 4.43. The molecule has 1 aromatic rings. The highest BCUT2D eigenvalue weighted by molar-refractivity contribution is 5.87. The number of rotatable bonds is 2. The van der Waals surface area contributed by atoms with E-state index in [1.165, 1.54) is 0 Å². The minimum absolute atomic E-state index is 0.0979. The highest BCUT2D eigenvalue weighted by Gasteiger charge is 2.47. The molecule has 1 amide bonds. The Morgan fingerprint density at radius 1 is 1.19 bits per heavy atom. The van der Waals surface area contributed by atoms with Crippen LogP contribution in [-0.2, 0) is 20.8 Å². The van der Waals surface area contributed by atoms with Gasteiger partial charge in [-0.1, -0.05) is 30.3 Å². The fraction of sp³-hybridized carbons (Fsp3) is 0.562. The molecule has 114 valence electrons. The van der Waals surface area contributed by atoms with Gasteiger partial charge in [-0.05, 0) is 5.56 Å². The van der Waals surface area contributed by atoms with Crippen LogP contribution in [0.25, 0.3) is 0 Å². The molecule has 0 radical (unpaired) electrons. The van der Waals surface area contributed by atoms with Crippen molar-refractivity contribution in [2.75, 3.05) is 39.5 Å². The topological polar surface area (TPSA) is 50.8 Å². The van der Waals surface area contributed by atoms with E-state index in [0.717, 1.165) is 25.1 Å². The Bertz CT molecular complexity index is 468. The fourth-order valence-corrected chi connectivity index (χ4v) is 2.95. The molecule has 5 nitrogen and oxygen atoms in total. The number of benzene rings is 1. The van der Waals surface area contributed by atoms with Gasteiger partial charge in [-0.3, -0.25) is 4.79 Å². The summed E-state index contributed by atoms with van der Waals surface area (Å²) >= 11 is 0. The van der Waals surface area contributed by atoms with Crippen LogP contribution in [0.3, 0.4) is 0 Å². The Balaban J connectivity index is 1.69. The number of ether oxygens (including phenoxy) is 2. The summed E-state index contributed by atoms with van der Waals surface area (Å²) in [5, 5.41) is 3.28. The van der Waals surface area contributed by atoms with E-state index in [2.05, 4.69) is 5.32 Å². The lowest BCUT2D eigenvalue weighted by molar-refractivity contribution is -0.150. The molecule has 0 aromatic heterocycles. The molecule has 2 heterocycles. The van der Waals surface area contributed by atoms with E-state index in [0.29, 0.717) is 32.9 Å². The van der Waals surface area contributed by atoms with Gasteiger partial charge in [-0.25, -0.2) is 0 Å². The number of nitrogens with one attached hydrogen (secondary N) is 1. The summed E-state index contributed by atoms with van der Waals surface area (Å²) in [6, 6.07) is 10.1. The Labute approximate surface area is 125 Å². The molecule has 1 aromatic carbocycles. The molecule has 5 heteroatoms. The van der Waals surface area contributed by atoms with Crippen LogP contribution in [0.5, 0.6) is 0 Å². The van der Waals surface area contributed by atoms with Crippen LogP contribution in [0.15, 0.2) is 30.3 Å².